The number of nitrogens with one attached hydrogen (secondary N) is 1. The number of rotatable bonds is 8. The summed E-state index contributed by atoms with van der Waals surface area (Å²) in [4.78, 5) is 31.5. The van der Waals surface area contributed by atoms with Gasteiger partial charge in [-0.1, -0.05) is 26.0 Å². The zero-order chi connectivity index (χ0) is 20.8. The lowest BCUT2D eigenvalue weighted by Gasteiger charge is -2.32. The molecule has 1 unspecified atom stereocenters. The Bertz CT molecular complexity index is 791. The number of amides is 2. The van der Waals surface area contributed by atoms with E-state index in [2.05, 4.69) is 37.1 Å². The van der Waals surface area contributed by atoms with Gasteiger partial charge in [0.15, 0.2) is 0 Å². The first-order valence-electron chi connectivity index (χ1n) is 10.9. The average Bonchev–Trinajstić information content (AvgIpc) is 3.14. The summed E-state index contributed by atoms with van der Waals surface area (Å²) in [6.07, 6.45) is 4.94. The Morgan fingerprint density at radius 1 is 1.17 bits per heavy atom. The van der Waals surface area contributed by atoms with E-state index in [-0.39, 0.29) is 23.8 Å². The SMILES string of the molecule is CC(C)C(C)NC(=O)C1CCN(C(=O)CCCCc2nc3ccccc3s2)CC1. The van der Waals surface area contributed by atoms with Crippen molar-refractivity contribution >= 4 is 33.4 Å². The number of piperidine rings is 1. The Morgan fingerprint density at radius 2 is 1.90 bits per heavy atom. The lowest BCUT2D eigenvalue weighted by molar-refractivity contribution is -0.136. The van der Waals surface area contributed by atoms with Gasteiger partial charge < -0.3 is 10.2 Å². The molecule has 1 aromatic heterocycles. The van der Waals surface area contributed by atoms with Crippen LogP contribution in [0, 0.1) is 11.8 Å². The lowest BCUT2D eigenvalue weighted by atomic mass is 9.94. The van der Waals surface area contributed by atoms with Gasteiger partial charge in [0.1, 0.15) is 0 Å². The van der Waals surface area contributed by atoms with Crippen molar-refractivity contribution in [2.75, 3.05) is 13.1 Å². The van der Waals surface area contributed by atoms with Crippen molar-refractivity contribution in [3.05, 3.63) is 29.3 Å². The molecular formula is C23H33N3O2S. The maximum absolute atomic E-state index is 12.5. The van der Waals surface area contributed by atoms with E-state index in [4.69, 9.17) is 0 Å². The topological polar surface area (TPSA) is 62.3 Å². The average molecular weight is 416 g/mol. The second-order valence-electron chi connectivity index (χ2n) is 8.48. The van der Waals surface area contributed by atoms with E-state index < -0.39 is 0 Å². The fourth-order valence-corrected chi connectivity index (χ4v) is 4.65. The molecule has 1 N–H and O–H groups in total. The van der Waals surface area contributed by atoms with Crippen LogP contribution in [0.1, 0.15) is 57.9 Å². The van der Waals surface area contributed by atoms with Gasteiger partial charge in [-0.15, -0.1) is 11.3 Å². The molecule has 1 aliphatic heterocycles. The number of unbranched alkanes of at least 4 members (excludes halogenated alkanes) is 1. The molecule has 1 atom stereocenters. The number of thiazole rings is 1. The van der Waals surface area contributed by atoms with Crippen molar-refractivity contribution < 1.29 is 9.59 Å². The first kappa shape index (κ1) is 21.8. The third-order valence-electron chi connectivity index (χ3n) is 5.96. The number of para-hydroxylation sites is 1. The van der Waals surface area contributed by atoms with Crippen LogP contribution >= 0.6 is 11.3 Å². The molecule has 2 amide bonds. The number of nitrogens with zero attached hydrogens (tertiary/aromatic N) is 2. The van der Waals surface area contributed by atoms with Gasteiger partial charge in [-0.3, -0.25) is 9.59 Å². The minimum atomic E-state index is 0.0410. The van der Waals surface area contributed by atoms with Crippen LogP contribution in [0.3, 0.4) is 0 Å². The molecular weight excluding hydrogens is 382 g/mol. The first-order chi connectivity index (χ1) is 13.9. The Morgan fingerprint density at radius 3 is 2.59 bits per heavy atom. The summed E-state index contributed by atoms with van der Waals surface area (Å²) in [5.41, 5.74) is 1.07. The third kappa shape index (κ3) is 6.01. The van der Waals surface area contributed by atoms with Gasteiger partial charge in [0.25, 0.3) is 0 Å². The van der Waals surface area contributed by atoms with E-state index in [0.717, 1.165) is 42.6 Å². The summed E-state index contributed by atoms with van der Waals surface area (Å²) in [6, 6.07) is 8.40. The molecule has 6 heteroatoms. The molecule has 0 saturated carbocycles. The maximum atomic E-state index is 12.5. The van der Waals surface area contributed by atoms with Gasteiger partial charge in [0.05, 0.1) is 15.2 Å². The van der Waals surface area contributed by atoms with Crippen LogP contribution < -0.4 is 5.32 Å². The number of hydrogen-bond acceptors (Lipinski definition) is 4. The molecule has 0 spiro atoms. The first-order valence-corrected chi connectivity index (χ1v) is 11.7. The highest BCUT2D eigenvalue weighted by Crippen LogP contribution is 2.23. The summed E-state index contributed by atoms with van der Waals surface area (Å²) in [5.74, 6) is 0.848. The molecule has 1 aromatic carbocycles. The van der Waals surface area contributed by atoms with Gasteiger partial charge in [-0.25, -0.2) is 4.98 Å². The van der Waals surface area contributed by atoms with Crippen molar-refractivity contribution in [2.45, 2.75) is 65.3 Å². The second-order valence-corrected chi connectivity index (χ2v) is 9.59. The summed E-state index contributed by atoms with van der Waals surface area (Å²) in [6.45, 7) is 7.68. The van der Waals surface area contributed by atoms with Crippen molar-refractivity contribution in [3.8, 4) is 0 Å². The Hall–Kier alpha value is -1.95. The fraction of sp³-hybridized carbons (Fsp3) is 0.609. The summed E-state index contributed by atoms with van der Waals surface area (Å²) < 4.78 is 1.23. The van der Waals surface area contributed by atoms with Crippen molar-refractivity contribution in [2.24, 2.45) is 11.8 Å². The van der Waals surface area contributed by atoms with Crippen LogP contribution in [-0.2, 0) is 16.0 Å². The molecule has 2 heterocycles. The van der Waals surface area contributed by atoms with Crippen LogP contribution in [0.2, 0.25) is 0 Å². The summed E-state index contributed by atoms with van der Waals surface area (Å²) in [5, 5.41) is 4.27. The van der Waals surface area contributed by atoms with E-state index in [0.29, 0.717) is 25.4 Å². The number of aromatic nitrogens is 1. The van der Waals surface area contributed by atoms with E-state index >= 15 is 0 Å². The van der Waals surface area contributed by atoms with Crippen LogP contribution in [-0.4, -0.2) is 40.8 Å². The van der Waals surface area contributed by atoms with Crippen LogP contribution in [0.4, 0.5) is 0 Å². The third-order valence-corrected chi connectivity index (χ3v) is 7.05. The maximum Gasteiger partial charge on any atom is 0.223 e. The zero-order valence-corrected chi connectivity index (χ0v) is 18.6. The highest BCUT2D eigenvalue weighted by molar-refractivity contribution is 7.18. The van der Waals surface area contributed by atoms with Crippen molar-refractivity contribution in [3.63, 3.8) is 0 Å². The Kier molecular flexibility index (Phi) is 7.64. The number of likely N-dealkylation sites (tertiary alicyclic amines) is 1. The quantitative estimate of drug-likeness (QED) is 0.650. The minimum Gasteiger partial charge on any atom is -0.353 e. The standard InChI is InChI=1S/C23H33N3O2S/c1-16(2)17(3)24-23(28)18-12-14-26(15-13-18)22(27)11-7-6-10-21-25-19-8-4-5-9-20(19)29-21/h4-5,8-9,16-18H,6-7,10-15H2,1-3H3,(H,24,28). The normalized spacial score (nSPS) is 16.3. The largest absolute Gasteiger partial charge is 0.353 e. The number of aryl methyl sites for hydroxylation is 1. The van der Waals surface area contributed by atoms with E-state index in [9.17, 15) is 9.59 Å². The molecule has 5 nitrogen and oxygen atoms in total. The Balaban J connectivity index is 1.35. The molecule has 29 heavy (non-hydrogen) atoms. The van der Waals surface area contributed by atoms with Crippen molar-refractivity contribution in [1.82, 2.24) is 15.2 Å². The van der Waals surface area contributed by atoms with E-state index in [1.165, 1.54) is 4.70 Å². The number of carbonyl (C=O) groups excluding carboxylic acids is 2. The van der Waals surface area contributed by atoms with Gasteiger partial charge in [0.2, 0.25) is 11.8 Å². The van der Waals surface area contributed by atoms with Crippen LogP contribution in [0.25, 0.3) is 10.2 Å². The number of carbonyl (C=O) groups is 2. The molecule has 1 fully saturated rings. The number of hydrogen-bond donors (Lipinski definition) is 1. The molecule has 3 rings (SSSR count). The highest BCUT2D eigenvalue weighted by atomic mass is 32.1. The molecule has 1 aliphatic rings. The van der Waals surface area contributed by atoms with Crippen LogP contribution in [0.15, 0.2) is 24.3 Å². The van der Waals surface area contributed by atoms with Gasteiger partial charge in [-0.05, 0) is 57.1 Å². The van der Waals surface area contributed by atoms with Gasteiger partial charge >= 0.3 is 0 Å². The monoisotopic (exact) mass is 415 g/mol. The number of benzene rings is 1. The highest BCUT2D eigenvalue weighted by Gasteiger charge is 2.28. The van der Waals surface area contributed by atoms with Crippen molar-refractivity contribution in [1.29, 1.82) is 0 Å². The van der Waals surface area contributed by atoms with E-state index in [1.54, 1.807) is 11.3 Å². The van der Waals surface area contributed by atoms with Crippen LogP contribution in [0.5, 0.6) is 0 Å². The summed E-state index contributed by atoms with van der Waals surface area (Å²) in [7, 11) is 0. The smallest absolute Gasteiger partial charge is 0.223 e. The van der Waals surface area contributed by atoms with Gasteiger partial charge in [0, 0.05) is 31.5 Å². The summed E-state index contributed by atoms with van der Waals surface area (Å²) >= 11 is 1.75. The molecule has 0 aliphatic carbocycles. The minimum absolute atomic E-state index is 0.0410. The molecule has 158 valence electrons. The molecule has 0 bridgehead atoms. The predicted molar refractivity (Wildman–Crippen MR) is 119 cm³/mol. The number of fused-ring (bicyclic) bond motifs is 1. The van der Waals surface area contributed by atoms with E-state index in [1.807, 2.05) is 23.1 Å². The molecule has 2 aromatic rings. The van der Waals surface area contributed by atoms with Gasteiger partial charge in [-0.2, -0.15) is 0 Å². The Labute approximate surface area is 177 Å². The molecule has 0 radical (unpaired) electrons. The lowest BCUT2D eigenvalue weighted by Crippen LogP contribution is -2.45. The molecule has 1 saturated heterocycles. The predicted octanol–water partition coefficient (Wildman–Crippen LogP) is 4.41. The zero-order valence-electron chi connectivity index (χ0n) is 17.8. The second kappa shape index (κ2) is 10.2. The fourth-order valence-electron chi connectivity index (χ4n) is 3.64.